The van der Waals surface area contributed by atoms with Gasteiger partial charge >= 0.3 is 0 Å². The lowest BCUT2D eigenvalue weighted by atomic mass is 10.1. The third-order valence-electron chi connectivity index (χ3n) is 2.15. The highest BCUT2D eigenvalue weighted by atomic mass is 127. The van der Waals surface area contributed by atoms with Crippen molar-refractivity contribution in [1.82, 2.24) is 15.1 Å². The lowest BCUT2D eigenvalue weighted by Crippen LogP contribution is -2.27. The molecule has 0 aromatic carbocycles. The maximum atomic E-state index is 4.28. The van der Waals surface area contributed by atoms with Crippen LogP contribution in [0.4, 0.5) is 0 Å². The van der Waals surface area contributed by atoms with Gasteiger partial charge in [0.15, 0.2) is 0 Å². The summed E-state index contributed by atoms with van der Waals surface area (Å²) in [7, 11) is 0. The molecule has 1 heterocycles. The molecule has 1 atom stereocenters. The predicted octanol–water partition coefficient (Wildman–Crippen LogP) is 2.37. The maximum absolute atomic E-state index is 4.28. The Morgan fingerprint density at radius 3 is 2.67 bits per heavy atom. The van der Waals surface area contributed by atoms with E-state index in [-0.39, 0.29) is 0 Å². The number of nitrogens with zero attached hydrogens (tertiary/aromatic N) is 2. The molecule has 3 nitrogen and oxygen atoms in total. The normalized spacial score (nSPS) is 13.4. The summed E-state index contributed by atoms with van der Waals surface area (Å²) in [5.74, 6) is 1.35. The molecule has 1 unspecified atom stereocenters. The fraction of sp³-hybridized carbons (Fsp3) is 0.727. The molecule has 1 aromatic rings. The van der Waals surface area contributed by atoms with Crippen molar-refractivity contribution in [2.45, 2.75) is 27.3 Å². The fourth-order valence-corrected chi connectivity index (χ4v) is 1.89. The van der Waals surface area contributed by atoms with Gasteiger partial charge in [0, 0.05) is 12.7 Å². The van der Waals surface area contributed by atoms with Crippen LogP contribution in [0.15, 0.2) is 12.4 Å². The molecular formula is C11H20IN3. The van der Waals surface area contributed by atoms with Crippen molar-refractivity contribution in [2.24, 2.45) is 11.8 Å². The molecule has 0 bridgehead atoms. The van der Waals surface area contributed by atoms with Crippen LogP contribution in [0.2, 0.25) is 0 Å². The Morgan fingerprint density at radius 1 is 1.40 bits per heavy atom. The SMILES string of the molecule is CC(C)CNCC(C)Cn1cc(I)cn1. The molecule has 1 aromatic heterocycles. The largest absolute Gasteiger partial charge is 0.316 e. The third kappa shape index (κ3) is 5.51. The summed E-state index contributed by atoms with van der Waals surface area (Å²) in [5, 5.41) is 7.75. The highest BCUT2D eigenvalue weighted by Crippen LogP contribution is 2.04. The van der Waals surface area contributed by atoms with E-state index in [4.69, 9.17) is 0 Å². The van der Waals surface area contributed by atoms with E-state index in [1.54, 1.807) is 0 Å². The molecular weight excluding hydrogens is 301 g/mol. The minimum absolute atomic E-state index is 0.624. The number of nitrogens with one attached hydrogen (secondary N) is 1. The molecule has 0 aliphatic rings. The molecule has 0 aliphatic carbocycles. The molecule has 0 fully saturated rings. The molecule has 0 aliphatic heterocycles. The van der Waals surface area contributed by atoms with Gasteiger partial charge in [0.1, 0.15) is 0 Å². The molecule has 0 saturated carbocycles. The number of aromatic nitrogens is 2. The first kappa shape index (κ1) is 13.0. The van der Waals surface area contributed by atoms with Crippen molar-refractivity contribution in [3.63, 3.8) is 0 Å². The second-order valence-corrected chi connectivity index (χ2v) is 5.78. The van der Waals surface area contributed by atoms with Crippen LogP contribution < -0.4 is 5.32 Å². The van der Waals surface area contributed by atoms with Crippen molar-refractivity contribution in [1.29, 1.82) is 0 Å². The smallest absolute Gasteiger partial charge is 0.0623 e. The Morgan fingerprint density at radius 2 is 2.13 bits per heavy atom. The van der Waals surface area contributed by atoms with Gasteiger partial charge in [-0.2, -0.15) is 5.10 Å². The van der Waals surface area contributed by atoms with Crippen LogP contribution in [-0.4, -0.2) is 22.9 Å². The summed E-state index contributed by atoms with van der Waals surface area (Å²) >= 11 is 2.29. The summed E-state index contributed by atoms with van der Waals surface area (Å²) in [6.07, 6.45) is 3.98. The topological polar surface area (TPSA) is 29.9 Å². The van der Waals surface area contributed by atoms with E-state index < -0.39 is 0 Å². The van der Waals surface area contributed by atoms with Crippen molar-refractivity contribution < 1.29 is 0 Å². The quantitative estimate of drug-likeness (QED) is 0.815. The summed E-state index contributed by atoms with van der Waals surface area (Å²) in [6.45, 7) is 9.87. The Labute approximate surface area is 106 Å². The standard InChI is InChI=1S/C11H20IN3/c1-9(2)4-13-5-10(3)7-15-8-11(12)6-14-15/h6,8-10,13H,4-5,7H2,1-3H3. The Hall–Kier alpha value is -0.100. The molecule has 0 amide bonds. The summed E-state index contributed by atoms with van der Waals surface area (Å²) < 4.78 is 3.22. The first-order valence-corrected chi connectivity index (χ1v) is 6.54. The van der Waals surface area contributed by atoms with Crippen molar-refractivity contribution in [2.75, 3.05) is 13.1 Å². The van der Waals surface area contributed by atoms with Crippen LogP contribution in [0.1, 0.15) is 20.8 Å². The fourth-order valence-electron chi connectivity index (χ4n) is 1.44. The molecule has 15 heavy (non-hydrogen) atoms. The molecule has 1 N–H and O–H groups in total. The molecule has 0 saturated heterocycles. The first-order valence-electron chi connectivity index (χ1n) is 5.46. The lowest BCUT2D eigenvalue weighted by molar-refractivity contribution is 0.409. The maximum Gasteiger partial charge on any atom is 0.0623 e. The van der Waals surface area contributed by atoms with Gasteiger partial charge in [-0.15, -0.1) is 0 Å². The second kappa shape index (κ2) is 6.48. The van der Waals surface area contributed by atoms with Crippen LogP contribution in [0, 0.1) is 15.4 Å². The van der Waals surface area contributed by atoms with Gasteiger partial charge in [0.2, 0.25) is 0 Å². The molecule has 4 heteroatoms. The number of hydrogen-bond donors (Lipinski definition) is 1. The van der Waals surface area contributed by atoms with E-state index in [0.29, 0.717) is 5.92 Å². The van der Waals surface area contributed by atoms with E-state index in [0.717, 1.165) is 25.6 Å². The van der Waals surface area contributed by atoms with Gasteiger partial charge in [-0.25, -0.2) is 0 Å². The van der Waals surface area contributed by atoms with Crippen LogP contribution in [0.25, 0.3) is 0 Å². The Bertz CT molecular complexity index is 283. The number of halogens is 1. The van der Waals surface area contributed by atoms with Crippen molar-refractivity contribution in [3.8, 4) is 0 Å². The monoisotopic (exact) mass is 321 g/mol. The molecule has 0 radical (unpaired) electrons. The zero-order valence-corrected chi connectivity index (χ0v) is 11.9. The first-order chi connectivity index (χ1) is 7.08. The summed E-state index contributed by atoms with van der Waals surface area (Å²) in [5.41, 5.74) is 0. The van der Waals surface area contributed by atoms with Crippen LogP contribution in [-0.2, 0) is 6.54 Å². The van der Waals surface area contributed by atoms with Gasteiger partial charge in [0.25, 0.3) is 0 Å². The molecule has 86 valence electrons. The zero-order chi connectivity index (χ0) is 11.3. The summed E-state index contributed by atoms with van der Waals surface area (Å²) in [4.78, 5) is 0. The number of rotatable bonds is 6. The van der Waals surface area contributed by atoms with Crippen LogP contribution >= 0.6 is 22.6 Å². The minimum atomic E-state index is 0.624. The van der Waals surface area contributed by atoms with Gasteiger partial charge < -0.3 is 5.32 Å². The highest BCUT2D eigenvalue weighted by molar-refractivity contribution is 14.1. The average molecular weight is 321 g/mol. The van der Waals surface area contributed by atoms with Crippen LogP contribution in [0.5, 0.6) is 0 Å². The Kier molecular flexibility index (Phi) is 5.60. The van der Waals surface area contributed by atoms with Gasteiger partial charge in [-0.3, -0.25) is 4.68 Å². The zero-order valence-electron chi connectivity index (χ0n) is 9.70. The summed E-state index contributed by atoms with van der Waals surface area (Å²) in [6, 6.07) is 0. The Balaban J connectivity index is 2.21. The third-order valence-corrected chi connectivity index (χ3v) is 2.70. The lowest BCUT2D eigenvalue weighted by Gasteiger charge is -2.13. The van der Waals surface area contributed by atoms with E-state index in [9.17, 15) is 0 Å². The van der Waals surface area contributed by atoms with Crippen molar-refractivity contribution >= 4 is 22.6 Å². The highest BCUT2D eigenvalue weighted by Gasteiger charge is 2.04. The average Bonchev–Trinajstić information content (AvgIpc) is 2.50. The van der Waals surface area contributed by atoms with E-state index in [1.807, 2.05) is 10.9 Å². The minimum Gasteiger partial charge on any atom is -0.316 e. The van der Waals surface area contributed by atoms with Gasteiger partial charge in [0.05, 0.1) is 9.77 Å². The van der Waals surface area contributed by atoms with E-state index in [1.165, 1.54) is 3.57 Å². The second-order valence-electron chi connectivity index (χ2n) is 4.54. The van der Waals surface area contributed by atoms with Crippen molar-refractivity contribution in [3.05, 3.63) is 16.0 Å². The molecule has 1 rings (SSSR count). The van der Waals surface area contributed by atoms with E-state index in [2.05, 4.69) is 60.0 Å². The molecule has 0 spiro atoms. The van der Waals surface area contributed by atoms with Gasteiger partial charge in [-0.05, 0) is 47.5 Å². The van der Waals surface area contributed by atoms with E-state index >= 15 is 0 Å². The van der Waals surface area contributed by atoms with Gasteiger partial charge in [-0.1, -0.05) is 20.8 Å². The van der Waals surface area contributed by atoms with Crippen LogP contribution in [0.3, 0.4) is 0 Å². The number of hydrogen-bond acceptors (Lipinski definition) is 2. The predicted molar refractivity (Wildman–Crippen MR) is 71.8 cm³/mol.